The number of non-ortho nitro benzene ring substituents is 1. The molecule has 0 unspecified atom stereocenters. The number of hydrogen-bond donors (Lipinski definition) is 0. The summed E-state index contributed by atoms with van der Waals surface area (Å²) in [6.45, 7) is 0. The maximum absolute atomic E-state index is 12.8. The third-order valence-electron chi connectivity index (χ3n) is 4.03. The Morgan fingerprint density at radius 3 is 2.79 bits per heavy atom. The number of thiocarbonyl (C=S) groups is 1. The van der Waals surface area contributed by atoms with E-state index in [2.05, 4.69) is 20.9 Å². The number of benzene rings is 1. The van der Waals surface area contributed by atoms with Crippen LogP contribution < -0.4 is 4.90 Å². The van der Waals surface area contributed by atoms with Crippen molar-refractivity contribution in [3.63, 3.8) is 0 Å². The molecule has 1 aliphatic heterocycles. The number of pyridine rings is 1. The lowest BCUT2D eigenvalue weighted by Gasteiger charge is -2.13. The molecule has 2 aromatic heterocycles. The third kappa shape index (κ3) is 3.86. The predicted molar refractivity (Wildman–Crippen MR) is 118 cm³/mol. The second-order valence-corrected chi connectivity index (χ2v) is 8.38. The molecule has 10 heteroatoms. The summed E-state index contributed by atoms with van der Waals surface area (Å²) in [6.07, 6.45) is 4.82. The van der Waals surface area contributed by atoms with E-state index in [0.717, 1.165) is 0 Å². The van der Waals surface area contributed by atoms with Gasteiger partial charge < -0.3 is 4.42 Å². The van der Waals surface area contributed by atoms with Crippen LogP contribution in [-0.2, 0) is 4.79 Å². The third-order valence-corrected chi connectivity index (χ3v) is 5.99. The molecule has 0 radical (unpaired) electrons. The summed E-state index contributed by atoms with van der Waals surface area (Å²) in [5, 5.41) is 10.9. The van der Waals surface area contributed by atoms with Gasteiger partial charge in [-0.3, -0.25) is 24.8 Å². The first-order chi connectivity index (χ1) is 13.9. The minimum Gasteiger partial charge on any atom is -0.457 e. The minimum absolute atomic E-state index is 0.0218. The molecule has 1 amide bonds. The highest BCUT2D eigenvalue weighted by molar-refractivity contribution is 9.10. The summed E-state index contributed by atoms with van der Waals surface area (Å²) >= 11 is 9.85. The monoisotopic (exact) mass is 487 g/mol. The summed E-state index contributed by atoms with van der Waals surface area (Å²) in [6, 6.07) is 11.4. The number of carbonyl (C=O) groups is 1. The van der Waals surface area contributed by atoms with Crippen molar-refractivity contribution in [2.75, 3.05) is 4.90 Å². The SMILES string of the molecule is O=C1/C(=C/c2ccc(-c3ccc([N+](=O)[O-])cc3Br)o2)SC(=S)N1c1cccnc1. The van der Waals surface area contributed by atoms with Crippen molar-refractivity contribution in [2.24, 2.45) is 0 Å². The van der Waals surface area contributed by atoms with E-state index >= 15 is 0 Å². The average Bonchev–Trinajstić information content (AvgIpc) is 3.27. The first-order valence-corrected chi connectivity index (χ1v) is 10.2. The first-order valence-electron chi connectivity index (χ1n) is 8.16. The molecule has 3 aromatic rings. The minimum atomic E-state index is -0.466. The van der Waals surface area contributed by atoms with Crippen LogP contribution in [-0.4, -0.2) is 20.1 Å². The highest BCUT2D eigenvalue weighted by atomic mass is 79.9. The van der Waals surface area contributed by atoms with E-state index in [-0.39, 0.29) is 11.6 Å². The number of nitrogens with zero attached hydrogens (tertiary/aromatic N) is 3. The van der Waals surface area contributed by atoms with Crippen molar-refractivity contribution < 1.29 is 14.1 Å². The number of thioether (sulfide) groups is 1. The largest absolute Gasteiger partial charge is 0.457 e. The van der Waals surface area contributed by atoms with Crippen molar-refractivity contribution in [1.82, 2.24) is 4.98 Å². The van der Waals surface area contributed by atoms with Crippen LogP contribution in [0.2, 0.25) is 0 Å². The zero-order valence-electron chi connectivity index (χ0n) is 14.4. The van der Waals surface area contributed by atoms with Crippen LogP contribution in [0.4, 0.5) is 11.4 Å². The van der Waals surface area contributed by atoms with Crippen molar-refractivity contribution in [1.29, 1.82) is 0 Å². The Bertz CT molecular complexity index is 1180. The first kappa shape index (κ1) is 19.5. The van der Waals surface area contributed by atoms with Gasteiger partial charge in [-0.05, 0) is 46.3 Å². The van der Waals surface area contributed by atoms with E-state index in [4.69, 9.17) is 16.6 Å². The van der Waals surface area contributed by atoms with Gasteiger partial charge in [-0.1, -0.05) is 24.0 Å². The number of hydrogen-bond acceptors (Lipinski definition) is 7. The van der Waals surface area contributed by atoms with E-state index in [1.807, 2.05) is 0 Å². The number of carbonyl (C=O) groups excluding carboxylic acids is 1. The Labute approximate surface area is 182 Å². The molecule has 1 saturated heterocycles. The van der Waals surface area contributed by atoms with Gasteiger partial charge in [0.15, 0.2) is 4.32 Å². The summed E-state index contributed by atoms with van der Waals surface area (Å²) in [5.74, 6) is 0.736. The lowest BCUT2D eigenvalue weighted by atomic mass is 10.1. The number of aromatic nitrogens is 1. The van der Waals surface area contributed by atoms with Crippen LogP contribution in [0.1, 0.15) is 5.76 Å². The van der Waals surface area contributed by atoms with Gasteiger partial charge in [-0.25, -0.2) is 0 Å². The Balaban J connectivity index is 1.61. The summed E-state index contributed by atoms with van der Waals surface area (Å²) in [4.78, 5) is 29.1. The van der Waals surface area contributed by atoms with Crippen molar-refractivity contribution in [3.05, 3.63) is 80.1 Å². The van der Waals surface area contributed by atoms with Crippen LogP contribution in [0, 0.1) is 10.1 Å². The van der Waals surface area contributed by atoms with Crippen molar-refractivity contribution in [3.8, 4) is 11.3 Å². The molecule has 0 atom stereocenters. The molecule has 0 bridgehead atoms. The predicted octanol–water partition coefficient (Wildman–Crippen LogP) is 5.42. The Morgan fingerprint density at radius 1 is 1.28 bits per heavy atom. The van der Waals surface area contributed by atoms with Gasteiger partial charge in [-0.2, -0.15) is 0 Å². The highest BCUT2D eigenvalue weighted by Crippen LogP contribution is 2.37. The number of furan rings is 1. The van der Waals surface area contributed by atoms with Crippen LogP contribution in [0.15, 0.2) is 68.7 Å². The van der Waals surface area contributed by atoms with Crippen LogP contribution >= 0.6 is 39.9 Å². The number of anilines is 1. The maximum atomic E-state index is 12.8. The lowest BCUT2D eigenvalue weighted by molar-refractivity contribution is -0.384. The smallest absolute Gasteiger partial charge is 0.270 e. The van der Waals surface area contributed by atoms with Crippen LogP contribution in [0.5, 0.6) is 0 Å². The fourth-order valence-corrected chi connectivity index (χ4v) is 4.54. The Kier molecular flexibility index (Phi) is 5.31. The molecule has 0 aliphatic carbocycles. The number of nitro benzene ring substituents is 1. The van der Waals surface area contributed by atoms with Crippen molar-refractivity contribution in [2.45, 2.75) is 0 Å². The fourth-order valence-electron chi connectivity index (χ4n) is 2.70. The molecule has 0 N–H and O–H groups in total. The van der Waals surface area contributed by atoms with E-state index in [1.165, 1.54) is 28.8 Å². The second-order valence-electron chi connectivity index (χ2n) is 5.85. The van der Waals surface area contributed by atoms with E-state index in [9.17, 15) is 14.9 Å². The molecule has 1 aliphatic rings. The van der Waals surface area contributed by atoms with E-state index < -0.39 is 4.92 Å². The molecule has 3 heterocycles. The molecular formula is C19H10BrN3O4S2. The normalized spacial score (nSPS) is 15.3. The molecule has 7 nitrogen and oxygen atoms in total. The molecule has 4 rings (SSSR count). The molecule has 1 fully saturated rings. The zero-order valence-corrected chi connectivity index (χ0v) is 17.7. The van der Waals surface area contributed by atoms with Gasteiger partial charge in [0.1, 0.15) is 11.5 Å². The second kappa shape index (κ2) is 7.90. The van der Waals surface area contributed by atoms with Gasteiger partial charge in [0.25, 0.3) is 11.6 Å². The molecule has 1 aromatic carbocycles. The summed E-state index contributed by atoms with van der Waals surface area (Å²) < 4.78 is 6.77. The fraction of sp³-hybridized carbons (Fsp3) is 0. The number of nitro groups is 1. The van der Waals surface area contributed by atoms with Crippen molar-refractivity contribution >= 4 is 67.6 Å². The van der Waals surface area contributed by atoms with Crippen LogP contribution in [0.25, 0.3) is 17.4 Å². The topological polar surface area (TPSA) is 89.5 Å². The Morgan fingerprint density at radius 2 is 2.10 bits per heavy atom. The molecular weight excluding hydrogens is 478 g/mol. The van der Waals surface area contributed by atoms with Gasteiger partial charge in [0, 0.05) is 34.4 Å². The molecule has 0 spiro atoms. The number of halogens is 1. The van der Waals surface area contributed by atoms with Gasteiger partial charge >= 0.3 is 0 Å². The quantitative estimate of drug-likeness (QED) is 0.210. The average molecular weight is 488 g/mol. The maximum Gasteiger partial charge on any atom is 0.270 e. The number of rotatable bonds is 4. The van der Waals surface area contributed by atoms with Gasteiger partial charge in [0.05, 0.1) is 21.7 Å². The molecule has 144 valence electrons. The number of amides is 1. The highest BCUT2D eigenvalue weighted by Gasteiger charge is 2.33. The van der Waals surface area contributed by atoms with E-state index in [0.29, 0.717) is 36.5 Å². The molecule has 0 saturated carbocycles. The zero-order chi connectivity index (χ0) is 20.5. The van der Waals surface area contributed by atoms with Gasteiger partial charge in [0.2, 0.25) is 0 Å². The summed E-state index contributed by atoms with van der Waals surface area (Å²) in [7, 11) is 0. The Hall–Kier alpha value is -2.82. The lowest BCUT2D eigenvalue weighted by Crippen LogP contribution is -2.27. The summed E-state index contributed by atoms with van der Waals surface area (Å²) in [5.41, 5.74) is 1.25. The van der Waals surface area contributed by atoms with E-state index in [1.54, 1.807) is 48.8 Å². The van der Waals surface area contributed by atoms with Crippen LogP contribution in [0.3, 0.4) is 0 Å². The van der Waals surface area contributed by atoms with Gasteiger partial charge in [-0.15, -0.1) is 0 Å². The molecule has 29 heavy (non-hydrogen) atoms. The standard InChI is InChI=1S/C19H10BrN3O4S2/c20-15-8-11(23(25)26)3-5-14(15)16-6-4-13(27-16)9-17-18(24)22(19(28)29-17)12-2-1-7-21-10-12/h1-10H/b17-9-.